The van der Waals surface area contributed by atoms with Crippen molar-refractivity contribution in [2.45, 2.75) is 31.6 Å². The lowest BCUT2D eigenvalue weighted by atomic mass is 9.61. The second-order valence-corrected chi connectivity index (χ2v) is 8.30. The van der Waals surface area contributed by atoms with Crippen LogP contribution in [0.25, 0.3) is 10.9 Å². The van der Waals surface area contributed by atoms with Gasteiger partial charge >= 0.3 is 0 Å². The predicted octanol–water partition coefficient (Wildman–Crippen LogP) is 6.78. The van der Waals surface area contributed by atoms with E-state index < -0.39 is 0 Å². The molecule has 0 aliphatic heterocycles. The van der Waals surface area contributed by atoms with Crippen LogP contribution < -0.4 is 0 Å². The number of H-pyrrole nitrogens is 1. The molecule has 1 heterocycles. The summed E-state index contributed by atoms with van der Waals surface area (Å²) in [4.78, 5) is 3.65. The van der Waals surface area contributed by atoms with Crippen LogP contribution >= 0.6 is 0 Å². The van der Waals surface area contributed by atoms with Gasteiger partial charge in [0.05, 0.1) is 5.41 Å². The second-order valence-electron chi connectivity index (χ2n) is 8.30. The number of nitrogens with one attached hydrogen (secondary N) is 1. The van der Waals surface area contributed by atoms with Gasteiger partial charge in [0.15, 0.2) is 0 Å². The maximum absolute atomic E-state index is 11.3. The Kier molecular flexibility index (Phi) is 4.09. The Morgan fingerprint density at radius 1 is 0.862 bits per heavy atom. The quantitative estimate of drug-likeness (QED) is 0.403. The average Bonchev–Trinajstić information content (AvgIpc) is 3.11. The Labute approximate surface area is 171 Å². The van der Waals surface area contributed by atoms with Crippen molar-refractivity contribution >= 4 is 10.9 Å². The summed E-state index contributed by atoms with van der Waals surface area (Å²) in [6.07, 6.45) is 0.844. The van der Waals surface area contributed by atoms with Crippen LogP contribution in [0, 0.1) is 6.92 Å². The number of para-hydroxylation sites is 1. The number of hydrogen-bond donors (Lipinski definition) is 2. The summed E-state index contributed by atoms with van der Waals surface area (Å²) in [5.74, 6) is 0.538. The fourth-order valence-corrected chi connectivity index (χ4v) is 4.86. The van der Waals surface area contributed by atoms with Gasteiger partial charge in [-0.1, -0.05) is 78.9 Å². The van der Waals surface area contributed by atoms with Crippen molar-refractivity contribution in [2.24, 2.45) is 0 Å². The van der Waals surface area contributed by atoms with Crippen molar-refractivity contribution in [3.05, 3.63) is 119 Å². The van der Waals surface area contributed by atoms with Crippen molar-refractivity contribution in [3.8, 4) is 0 Å². The minimum atomic E-state index is -0.316. The van der Waals surface area contributed by atoms with E-state index in [1.807, 2.05) is 24.3 Å². The number of aromatic amines is 1. The minimum absolute atomic E-state index is 0.0281. The van der Waals surface area contributed by atoms with E-state index in [0.717, 1.165) is 17.5 Å². The molecule has 1 aromatic heterocycles. The molecule has 29 heavy (non-hydrogen) atoms. The second kappa shape index (κ2) is 6.66. The van der Waals surface area contributed by atoms with Crippen molar-refractivity contribution < 1.29 is 5.11 Å². The van der Waals surface area contributed by atoms with Crippen LogP contribution in [0.2, 0.25) is 0 Å². The molecule has 0 bridgehead atoms. The molecule has 0 spiro atoms. The highest BCUT2D eigenvalue weighted by molar-refractivity contribution is 5.85. The third-order valence-corrected chi connectivity index (χ3v) is 6.56. The van der Waals surface area contributed by atoms with Crippen molar-refractivity contribution in [1.29, 1.82) is 0 Å². The van der Waals surface area contributed by atoms with Crippen molar-refractivity contribution in [1.82, 2.24) is 4.98 Å². The van der Waals surface area contributed by atoms with Gasteiger partial charge in [-0.25, -0.2) is 0 Å². The number of fused-ring (bicyclic) bond motifs is 1. The molecule has 1 aliphatic rings. The van der Waals surface area contributed by atoms with Gasteiger partial charge in [-0.2, -0.15) is 0 Å². The molecule has 144 valence electrons. The number of rotatable bonds is 4. The first-order valence-corrected chi connectivity index (χ1v) is 10.2. The molecule has 4 aromatic rings. The van der Waals surface area contributed by atoms with E-state index in [0.29, 0.717) is 5.76 Å². The van der Waals surface area contributed by atoms with Crippen molar-refractivity contribution in [2.75, 3.05) is 0 Å². The van der Waals surface area contributed by atoms with Gasteiger partial charge in [0, 0.05) is 22.5 Å². The Bertz CT molecular complexity index is 1200. The van der Waals surface area contributed by atoms with Gasteiger partial charge in [0.25, 0.3) is 0 Å². The van der Waals surface area contributed by atoms with E-state index in [4.69, 9.17) is 0 Å². The van der Waals surface area contributed by atoms with Crippen LogP contribution in [0.4, 0.5) is 0 Å². The van der Waals surface area contributed by atoms with E-state index in [9.17, 15) is 5.11 Å². The molecule has 2 N–H and O–H groups in total. The van der Waals surface area contributed by atoms with Gasteiger partial charge < -0.3 is 10.1 Å². The predicted molar refractivity (Wildman–Crippen MR) is 119 cm³/mol. The van der Waals surface area contributed by atoms with Crippen LogP contribution in [-0.2, 0) is 5.41 Å². The molecule has 0 saturated carbocycles. The number of aliphatic hydroxyl groups excluding tert-OH is 1. The summed E-state index contributed by atoms with van der Waals surface area (Å²) >= 11 is 0. The maximum Gasteiger partial charge on any atom is 0.103 e. The Morgan fingerprint density at radius 2 is 1.48 bits per heavy atom. The third kappa shape index (κ3) is 2.71. The van der Waals surface area contributed by atoms with Gasteiger partial charge in [-0.15, -0.1) is 0 Å². The summed E-state index contributed by atoms with van der Waals surface area (Å²) < 4.78 is 0. The zero-order valence-corrected chi connectivity index (χ0v) is 16.8. The van der Waals surface area contributed by atoms with Crippen LogP contribution in [0.3, 0.4) is 0 Å². The molecule has 5 rings (SSSR count). The van der Waals surface area contributed by atoms with E-state index in [-0.39, 0.29) is 11.3 Å². The molecule has 3 aromatic carbocycles. The number of aliphatic hydroxyl groups is 1. The Balaban J connectivity index is 1.68. The molecular formula is C27H25NO. The summed E-state index contributed by atoms with van der Waals surface area (Å²) in [6.45, 7) is 4.32. The van der Waals surface area contributed by atoms with E-state index in [1.165, 1.54) is 27.8 Å². The molecule has 2 atom stereocenters. The molecule has 0 amide bonds. The molecule has 0 radical (unpaired) electrons. The standard InChI is InChI=1S/C27H25NO/c1-18-21-15-9-10-16-23(21)28-25(18)24(19-11-5-3-6-12-19)22-17-27(2,26(22)29)20-13-7-4-8-14-20/h3-16,24,28-29H,17H2,1-2H3. The summed E-state index contributed by atoms with van der Waals surface area (Å²) in [5, 5.41) is 12.5. The van der Waals surface area contributed by atoms with E-state index >= 15 is 0 Å². The number of aromatic nitrogens is 1. The highest BCUT2D eigenvalue weighted by atomic mass is 16.3. The highest BCUT2D eigenvalue weighted by Gasteiger charge is 2.46. The summed E-state index contributed by atoms with van der Waals surface area (Å²) in [7, 11) is 0. The van der Waals surface area contributed by atoms with Gasteiger partial charge in [-0.3, -0.25) is 0 Å². The molecular weight excluding hydrogens is 354 g/mol. The first kappa shape index (κ1) is 17.8. The zero-order valence-electron chi connectivity index (χ0n) is 16.8. The molecule has 2 unspecified atom stereocenters. The average molecular weight is 380 g/mol. The lowest BCUT2D eigenvalue weighted by molar-refractivity contribution is 0.247. The third-order valence-electron chi connectivity index (χ3n) is 6.56. The fraction of sp³-hybridized carbons (Fsp3) is 0.185. The Morgan fingerprint density at radius 3 is 2.14 bits per heavy atom. The van der Waals surface area contributed by atoms with Crippen molar-refractivity contribution in [3.63, 3.8) is 0 Å². The normalized spacial score (nSPS) is 19.9. The smallest absolute Gasteiger partial charge is 0.103 e. The minimum Gasteiger partial charge on any atom is -0.511 e. The Hall–Kier alpha value is -3.26. The number of hydrogen-bond acceptors (Lipinski definition) is 1. The SMILES string of the molecule is Cc1c(C(C2=C(O)C(C)(c3ccccc3)C2)c2ccccc2)[nH]c2ccccc12. The van der Waals surface area contributed by atoms with E-state index in [1.54, 1.807) is 0 Å². The van der Waals surface area contributed by atoms with Crippen LogP contribution in [0.1, 0.15) is 41.6 Å². The topological polar surface area (TPSA) is 36.0 Å². The molecule has 2 heteroatoms. The number of aryl methyl sites for hydroxylation is 1. The van der Waals surface area contributed by atoms with Gasteiger partial charge in [0.1, 0.15) is 5.76 Å². The van der Waals surface area contributed by atoms with Gasteiger partial charge in [-0.05, 0) is 48.6 Å². The summed E-state index contributed by atoms with van der Waals surface area (Å²) in [5.41, 5.74) is 6.74. The molecule has 1 aliphatic carbocycles. The zero-order chi connectivity index (χ0) is 20.0. The fourth-order valence-electron chi connectivity index (χ4n) is 4.86. The van der Waals surface area contributed by atoms with Crippen LogP contribution in [0.15, 0.2) is 96.3 Å². The first-order chi connectivity index (χ1) is 14.1. The molecule has 0 saturated heterocycles. The van der Waals surface area contributed by atoms with Crippen LogP contribution in [0.5, 0.6) is 0 Å². The lowest BCUT2D eigenvalue weighted by Gasteiger charge is -2.43. The van der Waals surface area contributed by atoms with E-state index in [2.05, 4.69) is 79.5 Å². The number of benzene rings is 3. The van der Waals surface area contributed by atoms with Gasteiger partial charge in [0.2, 0.25) is 0 Å². The molecule has 0 fully saturated rings. The summed E-state index contributed by atoms with van der Waals surface area (Å²) in [6, 6.07) is 29.3. The number of allylic oxidation sites excluding steroid dienone is 2. The lowest BCUT2D eigenvalue weighted by Crippen LogP contribution is -2.37. The monoisotopic (exact) mass is 379 g/mol. The molecule has 2 nitrogen and oxygen atoms in total. The van der Waals surface area contributed by atoms with Crippen LogP contribution in [-0.4, -0.2) is 10.1 Å². The highest BCUT2D eigenvalue weighted by Crippen LogP contribution is 2.53. The largest absolute Gasteiger partial charge is 0.511 e. The maximum atomic E-state index is 11.3. The first-order valence-electron chi connectivity index (χ1n) is 10.2.